The molecule has 0 fully saturated rings. The molecule has 0 saturated heterocycles. The summed E-state index contributed by atoms with van der Waals surface area (Å²) in [5.74, 6) is -1.43. The fraction of sp³-hybridized carbons (Fsp3) is 0.333. The number of aromatic nitrogens is 2. The first-order chi connectivity index (χ1) is 6.74. The number of rotatable bonds is 4. The Labute approximate surface area is 81.1 Å². The second-order valence-corrected chi connectivity index (χ2v) is 2.52. The third-order valence-corrected chi connectivity index (χ3v) is 1.46. The highest BCUT2D eigenvalue weighted by atomic mass is 16.5. The summed E-state index contributed by atoms with van der Waals surface area (Å²) >= 11 is 0. The minimum Gasteiger partial charge on any atom is -0.460 e. The smallest absolute Gasteiger partial charge is 0.375 e. The molecule has 0 aliphatic heterocycles. The Morgan fingerprint density at radius 1 is 1.43 bits per heavy atom. The van der Waals surface area contributed by atoms with Gasteiger partial charge in [0, 0.05) is 18.6 Å². The van der Waals surface area contributed by atoms with E-state index in [4.69, 9.17) is 0 Å². The van der Waals surface area contributed by atoms with Crippen LogP contribution in [0.4, 0.5) is 0 Å². The van der Waals surface area contributed by atoms with Gasteiger partial charge in [-0.2, -0.15) is 0 Å². The van der Waals surface area contributed by atoms with Crippen molar-refractivity contribution in [3.63, 3.8) is 0 Å². The zero-order valence-corrected chi connectivity index (χ0v) is 7.77. The maximum atomic E-state index is 11.2. The van der Waals surface area contributed by atoms with Crippen molar-refractivity contribution in [1.82, 2.24) is 9.97 Å². The van der Waals surface area contributed by atoms with E-state index in [-0.39, 0.29) is 13.0 Å². The zero-order chi connectivity index (χ0) is 10.4. The van der Waals surface area contributed by atoms with Gasteiger partial charge in [0.1, 0.15) is 0 Å². The van der Waals surface area contributed by atoms with Crippen molar-refractivity contribution in [1.29, 1.82) is 0 Å². The van der Waals surface area contributed by atoms with Gasteiger partial charge in [0.05, 0.1) is 18.7 Å². The molecule has 0 atom stereocenters. The van der Waals surface area contributed by atoms with Crippen LogP contribution >= 0.6 is 0 Å². The molecule has 0 amide bonds. The van der Waals surface area contributed by atoms with Gasteiger partial charge in [0.25, 0.3) is 0 Å². The number of ketones is 1. The summed E-state index contributed by atoms with van der Waals surface area (Å²) in [6, 6.07) is 0. The number of ether oxygens (including phenoxy) is 1. The number of carbonyl (C=O) groups excluding carboxylic acids is 2. The molecule has 5 heteroatoms. The second kappa shape index (κ2) is 5.06. The average molecular weight is 194 g/mol. The molecule has 1 aromatic heterocycles. The summed E-state index contributed by atoms with van der Waals surface area (Å²) in [4.78, 5) is 29.7. The largest absolute Gasteiger partial charge is 0.460 e. The van der Waals surface area contributed by atoms with Gasteiger partial charge in [-0.3, -0.25) is 14.8 Å². The number of Topliss-reactive ketones (excluding diaryl/α,β-unsaturated/α-hetero) is 1. The molecule has 1 aromatic rings. The van der Waals surface area contributed by atoms with Crippen molar-refractivity contribution in [2.75, 3.05) is 6.61 Å². The van der Waals surface area contributed by atoms with E-state index in [0.29, 0.717) is 5.69 Å². The normalized spacial score (nSPS) is 9.50. The molecule has 5 nitrogen and oxygen atoms in total. The Morgan fingerprint density at radius 3 is 2.79 bits per heavy atom. The summed E-state index contributed by atoms with van der Waals surface area (Å²) in [5.41, 5.74) is 0.463. The third-order valence-electron chi connectivity index (χ3n) is 1.46. The Morgan fingerprint density at radius 2 is 2.21 bits per heavy atom. The summed E-state index contributed by atoms with van der Waals surface area (Å²) in [5, 5.41) is 0. The number of hydrogen-bond acceptors (Lipinski definition) is 5. The lowest BCUT2D eigenvalue weighted by molar-refractivity contribution is -0.153. The van der Waals surface area contributed by atoms with Gasteiger partial charge in [0.15, 0.2) is 0 Å². The van der Waals surface area contributed by atoms with Crippen LogP contribution in [0.5, 0.6) is 0 Å². The lowest BCUT2D eigenvalue weighted by atomic mass is 10.2. The van der Waals surface area contributed by atoms with Crippen molar-refractivity contribution >= 4 is 11.8 Å². The lowest BCUT2D eigenvalue weighted by Gasteiger charge is -1.99. The minimum atomic E-state index is -0.821. The monoisotopic (exact) mass is 194 g/mol. The van der Waals surface area contributed by atoms with E-state index in [0.717, 1.165) is 0 Å². The van der Waals surface area contributed by atoms with Crippen molar-refractivity contribution in [2.45, 2.75) is 13.3 Å². The van der Waals surface area contributed by atoms with Crippen LogP contribution in [0.3, 0.4) is 0 Å². The van der Waals surface area contributed by atoms with E-state index >= 15 is 0 Å². The number of hydrogen-bond donors (Lipinski definition) is 0. The molecule has 0 unspecified atom stereocenters. The fourth-order valence-electron chi connectivity index (χ4n) is 0.870. The molecular weight excluding hydrogens is 184 g/mol. The molecule has 0 radical (unpaired) electrons. The van der Waals surface area contributed by atoms with E-state index in [2.05, 4.69) is 14.7 Å². The Bertz CT molecular complexity index is 324. The molecule has 0 aliphatic rings. The number of nitrogens with zero attached hydrogens (tertiary/aromatic N) is 2. The lowest BCUT2D eigenvalue weighted by Crippen LogP contribution is -2.19. The molecule has 14 heavy (non-hydrogen) atoms. The molecule has 0 saturated carbocycles. The van der Waals surface area contributed by atoms with E-state index in [1.54, 1.807) is 6.92 Å². The van der Waals surface area contributed by atoms with E-state index in [1.165, 1.54) is 18.6 Å². The fourth-order valence-corrected chi connectivity index (χ4v) is 0.870. The summed E-state index contributed by atoms with van der Waals surface area (Å²) in [6.45, 7) is 1.85. The predicted octanol–water partition coefficient (Wildman–Crippen LogP) is 0.151. The maximum absolute atomic E-state index is 11.2. The van der Waals surface area contributed by atoms with Gasteiger partial charge < -0.3 is 4.74 Å². The molecule has 1 heterocycles. The van der Waals surface area contributed by atoms with Gasteiger partial charge in [-0.25, -0.2) is 4.79 Å². The quantitative estimate of drug-likeness (QED) is 0.504. The van der Waals surface area contributed by atoms with Crippen molar-refractivity contribution < 1.29 is 14.3 Å². The summed E-state index contributed by atoms with van der Waals surface area (Å²) < 4.78 is 4.54. The predicted molar refractivity (Wildman–Crippen MR) is 47.4 cm³/mol. The van der Waals surface area contributed by atoms with Gasteiger partial charge >= 0.3 is 5.97 Å². The maximum Gasteiger partial charge on any atom is 0.375 e. The van der Waals surface area contributed by atoms with Crippen LogP contribution in [0, 0.1) is 0 Å². The molecule has 0 bridgehead atoms. The van der Waals surface area contributed by atoms with E-state index in [9.17, 15) is 9.59 Å². The van der Waals surface area contributed by atoms with Gasteiger partial charge in [0.2, 0.25) is 5.78 Å². The highest BCUT2D eigenvalue weighted by Gasteiger charge is 2.15. The second-order valence-electron chi connectivity index (χ2n) is 2.52. The van der Waals surface area contributed by atoms with Crippen molar-refractivity contribution in [3.8, 4) is 0 Å². The van der Waals surface area contributed by atoms with Crippen molar-refractivity contribution in [3.05, 3.63) is 24.3 Å². The first-order valence-corrected chi connectivity index (χ1v) is 4.19. The third kappa shape index (κ3) is 2.93. The van der Waals surface area contributed by atoms with Crippen LogP contribution in [0.1, 0.15) is 12.6 Å². The summed E-state index contributed by atoms with van der Waals surface area (Å²) in [6.07, 6.45) is 4.34. The molecule has 0 aliphatic carbocycles. The molecule has 0 N–H and O–H groups in total. The van der Waals surface area contributed by atoms with Crippen LogP contribution in [-0.4, -0.2) is 28.3 Å². The molecule has 1 rings (SSSR count). The Balaban J connectivity index is 2.53. The topological polar surface area (TPSA) is 69.2 Å². The highest BCUT2D eigenvalue weighted by Crippen LogP contribution is 1.94. The average Bonchev–Trinajstić information content (AvgIpc) is 2.19. The highest BCUT2D eigenvalue weighted by molar-refractivity contribution is 6.34. The van der Waals surface area contributed by atoms with E-state index in [1.807, 2.05) is 0 Å². The van der Waals surface area contributed by atoms with Crippen LogP contribution in [0.2, 0.25) is 0 Å². The SMILES string of the molecule is CCOC(=O)C(=O)Cc1cnccn1. The van der Waals surface area contributed by atoms with Crippen molar-refractivity contribution in [2.24, 2.45) is 0 Å². The van der Waals surface area contributed by atoms with Crippen LogP contribution in [0.25, 0.3) is 0 Å². The first kappa shape index (κ1) is 10.3. The van der Waals surface area contributed by atoms with Gasteiger partial charge in [-0.15, -0.1) is 0 Å². The minimum absolute atomic E-state index is 0.0628. The molecule has 0 spiro atoms. The summed E-state index contributed by atoms with van der Waals surface area (Å²) in [7, 11) is 0. The molecule has 0 aromatic carbocycles. The molecule has 74 valence electrons. The standard InChI is InChI=1S/C9H10N2O3/c1-2-14-9(13)8(12)5-7-6-10-3-4-11-7/h3-4,6H,2,5H2,1H3. The van der Waals surface area contributed by atoms with E-state index < -0.39 is 11.8 Å². The van der Waals surface area contributed by atoms with Gasteiger partial charge in [-0.1, -0.05) is 0 Å². The zero-order valence-electron chi connectivity index (χ0n) is 7.77. The van der Waals surface area contributed by atoms with Crippen LogP contribution in [0.15, 0.2) is 18.6 Å². The van der Waals surface area contributed by atoms with Gasteiger partial charge in [-0.05, 0) is 6.92 Å². The van der Waals surface area contributed by atoms with Crippen LogP contribution < -0.4 is 0 Å². The van der Waals surface area contributed by atoms with Crippen LogP contribution in [-0.2, 0) is 20.7 Å². The first-order valence-electron chi connectivity index (χ1n) is 4.19. The number of carbonyl (C=O) groups is 2. The Hall–Kier alpha value is -1.78. The molecular formula is C9H10N2O3. The number of esters is 1. The Kier molecular flexibility index (Phi) is 3.72.